The maximum Gasteiger partial charge on any atom is 0.00277 e. The zero-order valence-electron chi connectivity index (χ0n) is 6.44. The Kier molecular flexibility index (Phi) is 3.85. The van der Waals surface area contributed by atoms with Crippen LogP contribution in [0, 0.1) is 5.92 Å². The molecule has 0 fully saturated rings. The number of nitrogens with one attached hydrogen (secondary N) is 1. The van der Waals surface area contributed by atoms with E-state index in [9.17, 15) is 0 Å². The van der Waals surface area contributed by atoms with Crippen LogP contribution >= 0.6 is 0 Å². The van der Waals surface area contributed by atoms with Crippen molar-refractivity contribution in [3.63, 3.8) is 0 Å². The van der Waals surface area contributed by atoms with E-state index in [2.05, 4.69) is 25.7 Å². The average Bonchev–Trinajstić information content (AvgIpc) is 1.82. The van der Waals surface area contributed by atoms with E-state index < -0.39 is 0 Å². The van der Waals surface area contributed by atoms with Gasteiger partial charge in [0.15, 0.2) is 0 Å². The summed E-state index contributed by atoms with van der Waals surface area (Å²) < 4.78 is 0. The molecule has 0 spiro atoms. The van der Waals surface area contributed by atoms with Gasteiger partial charge in [0, 0.05) is 7.05 Å². The van der Waals surface area contributed by atoms with E-state index in [1.54, 1.807) is 0 Å². The van der Waals surface area contributed by atoms with Gasteiger partial charge in [-0.05, 0) is 18.2 Å². The summed E-state index contributed by atoms with van der Waals surface area (Å²) in [5, 5.41) is 2.91. The molecule has 0 saturated carbocycles. The molecule has 0 amide bonds. The van der Waals surface area contributed by atoms with E-state index >= 15 is 0 Å². The molecular formula is C8H15N. The predicted octanol–water partition coefficient (Wildman–Crippen LogP) is 1.93. The van der Waals surface area contributed by atoms with E-state index in [1.807, 2.05) is 19.3 Å². The molecule has 0 bridgehead atoms. The number of hydrogen-bond donors (Lipinski definition) is 1. The molecule has 9 heavy (non-hydrogen) atoms. The van der Waals surface area contributed by atoms with Crippen molar-refractivity contribution in [2.75, 3.05) is 7.05 Å². The van der Waals surface area contributed by atoms with Gasteiger partial charge in [0.1, 0.15) is 0 Å². The SMILES string of the molecule is C=C(/C=C\NC)C(C)C. The monoisotopic (exact) mass is 125 g/mol. The first-order chi connectivity index (χ1) is 4.18. The standard InChI is InChI=1S/C8H15N/c1-7(2)8(3)5-6-9-4/h5-7,9H,3H2,1-2,4H3/b6-5-. The predicted molar refractivity (Wildman–Crippen MR) is 42.2 cm³/mol. The summed E-state index contributed by atoms with van der Waals surface area (Å²) in [5.41, 5.74) is 1.16. The minimum atomic E-state index is 0.551. The molecular weight excluding hydrogens is 110 g/mol. The van der Waals surface area contributed by atoms with Crippen LogP contribution in [0.1, 0.15) is 13.8 Å². The molecule has 0 aromatic rings. The second-order valence-electron chi connectivity index (χ2n) is 2.35. The van der Waals surface area contributed by atoms with Crippen LogP contribution in [0.5, 0.6) is 0 Å². The molecule has 1 N–H and O–H groups in total. The van der Waals surface area contributed by atoms with Gasteiger partial charge in [-0.3, -0.25) is 0 Å². The van der Waals surface area contributed by atoms with Crippen molar-refractivity contribution in [1.29, 1.82) is 0 Å². The molecule has 0 rings (SSSR count). The summed E-state index contributed by atoms with van der Waals surface area (Å²) in [6.07, 6.45) is 3.88. The van der Waals surface area contributed by atoms with E-state index in [0.717, 1.165) is 5.57 Å². The highest BCUT2D eigenvalue weighted by Crippen LogP contribution is 2.06. The Morgan fingerprint density at radius 2 is 2.11 bits per heavy atom. The van der Waals surface area contributed by atoms with E-state index in [0.29, 0.717) is 5.92 Å². The first-order valence-corrected chi connectivity index (χ1v) is 3.21. The van der Waals surface area contributed by atoms with Gasteiger partial charge in [-0.15, -0.1) is 0 Å². The summed E-state index contributed by atoms with van der Waals surface area (Å²) in [7, 11) is 1.88. The molecule has 0 atom stereocenters. The Bertz CT molecular complexity index is 112. The number of rotatable bonds is 3. The molecule has 0 aromatic heterocycles. The molecule has 0 unspecified atom stereocenters. The third-order valence-corrected chi connectivity index (χ3v) is 1.21. The molecule has 0 aromatic carbocycles. The van der Waals surface area contributed by atoms with Gasteiger partial charge in [0.05, 0.1) is 0 Å². The van der Waals surface area contributed by atoms with E-state index in [4.69, 9.17) is 0 Å². The second-order valence-corrected chi connectivity index (χ2v) is 2.35. The summed E-state index contributed by atoms with van der Waals surface area (Å²) in [5.74, 6) is 0.551. The maximum absolute atomic E-state index is 3.86. The highest BCUT2D eigenvalue weighted by atomic mass is 14.8. The van der Waals surface area contributed by atoms with Gasteiger partial charge in [-0.2, -0.15) is 0 Å². The maximum atomic E-state index is 3.86. The van der Waals surface area contributed by atoms with Crippen molar-refractivity contribution in [3.8, 4) is 0 Å². The van der Waals surface area contributed by atoms with Gasteiger partial charge in [-0.25, -0.2) is 0 Å². The number of allylic oxidation sites excluding steroid dienone is 2. The van der Waals surface area contributed by atoms with Crippen LogP contribution in [0.4, 0.5) is 0 Å². The van der Waals surface area contributed by atoms with Gasteiger partial charge < -0.3 is 5.32 Å². The van der Waals surface area contributed by atoms with E-state index in [-0.39, 0.29) is 0 Å². The van der Waals surface area contributed by atoms with Crippen LogP contribution < -0.4 is 5.32 Å². The van der Waals surface area contributed by atoms with Crippen molar-refractivity contribution in [2.45, 2.75) is 13.8 Å². The van der Waals surface area contributed by atoms with Crippen LogP contribution in [0.2, 0.25) is 0 Å². The van der Waals surface area contributed by atoms with Crippen molar-refractivity contribution in [1.82, 2.24) is 5.32 Å². The average molecular weight is 125 g/mol. The van der Waals surface area contributed by atoms with Crippen LogP contribution in [-0.2, 0) is 0 Å². The molecule has 1 heteroatoms. The lowest BCUT2D eigenvalue weighted by Gasteiger charge is -2.01. The van der Waals surface area contributed by atoms with Crippen molar-refractivity contribution >= 4 is 0 Å². The summed E-state index contributed by atoms with van der Waals surface area (Å²) in [4.78, 5) is 0. The van der Waals surface area contributed by atoms with Gasteiger partial charge in [0.2, 0.25) is 0 Å². The molecule has 0 heterocycles. The lowest BCUT2D eigenvalue weighted by molar-refractivity contribution is 0.793. The van der Waals surface area contributed by atoms with Gasteiger partial charge in [0.25, 0.3) is 0 Å². The minimum absolute atomic E-state index is 0.551. The quantitative estimate of drug-likeness (QED) is 0.568. The molecule has 0 aliphatic heterocycles. The fraction of sp³-hybridized carbons (Fsp3) is 0.500. The van der Waals surface area contributed by atoms with Crippen LogP contribution in [-0.4, -0.2) is 7.05 Å². The first-order valence-electron chi connectivity index (χ1n) is 3.21. The molecule has 0 aliphatic carbocycles. The lowest BCUT2D eigenvalue weighted by atomic mass is 10.1. The Morgan fingerprint density at radius 1 is 1.56 bits per heavy atom. The Balaban J connectivity index is 3.63. The Hall–Kier alpha value is -0.720. The van der Waals surface area contributed by atoms with Crippen molar-refractivity contribution in [3.05, 3.63) is 24.4 Å². The highest BCUT2D eigenvalue weighted by Gasteiger charge is 1.92. The smallest absolute Gasteiger partial charge is 0.00277 e. The number of hydrogen-bond acceptors (Lipinski definition) is 1. The summed E-state index contributed by atoms with van der Waals surface area (Å²) in [6.45, 7) is 8.12. The molecule has 0 saturated heterocycles. The zero-order valence-corrected chi connectivity index (χ0v) is 6.44. The third kappa shape index (κ3) is 3.83. The third-order valence-electron chi connectivity index (χ3n) is 1.21. The lowest BCUT2D eigenvalue weighted by Crippen LogP contribution is -1.94. The van der Waals surface area contributed by atoms with Crippen LogP contribution in [0.25, 0.3) is 0 Å². The van der Waals surface area contributed by atoms with Crippen molar-refractivity contribution < 1.29 is 0 Å². The molecule has 0 radical (unpaired) electrons. The van der Waals surface area contributed by atoms with Crippen molar-refractivity contribution in [2.24, 2.45) is 5.92 Å². The Labute approximate surface area is 57.5 Å². The largest absolute Gasteiger partial charge is 0.394 e. The first kappa shape index (κ1) is 8.28. The topological polar surface area (TPSA) is 12.0 Å². The van der Waals surface area contributed by atoms with E-state index in [1.165, 1.54) is 0 Å². The fourth-order valence-electron chi connectivity index (χ4n) is 0.383. The molecule has 1 nitrogen and oxygen atoms in total. The molecule has 52 valence electrons. The Morgan fingerprint density at radius 3 is 2.44 bits per heavy atom. The fourth-order valence-corrected chi connectivity index (χ4v) is 0.383. The van der Waals surface area contributed by atoms with Crippen LogP contribution in [0.3, 0.4) is 0 Å². The van der Waals surface area contributed by atoms with Gasteiger partial charge >= 0.3 is 0 Å². The molecule has 0 aliphatic rings. The zero-order chi connectivity index (χ0) is 7.28. The summed E-state index contributed by atoms with van der Waals surface area (Å²) in [6, 6.07) is 0. The van der Waals surface area contributed by atoms with Crippen LogP contribution in [0.15, 0.2) is 24.4 Å². The second kappa shape index (κ2) is 4.19. The highest BCUT2D eigenvalue weighted by molar-refractivity contribution is 5.15. The van der Waals surface area contributed by atoms with Gasteiger partial charge in [-0.1, -0.05) is 26.0 Å². The minimum Gasteiger partial charge on any atom is -0.394 e. The summed E-state index contributed by atoms with van der Waals surface area (Å²) >= 11 is 0. The normalized spacial score (nSPS) is 10.7.